The summed E-state index contributed by atoms with van der Waals surface area (Å²) in [5.74, 6) is 0.330. The molecule has 1 heterocycles. The van der Waals surface area contributed by atoms with Gasteiger partial charge in [-0.2, -0.15) is 5.26 Å². The highest BCUT2D eigenvalue weighted by atomic mass is 16.5. The van der Waals surface area contributed by atoms with Gasteiger partial charge >= 0.3 is 0 Å². The zero-order chi connectivity index (χ0) is 8.97. The van der Waals surface area contributed by atoms with Gasteiger partial charge in [-0.25, -0.2) is 4.98 Å². The maximum Gasteiger partial charge on any atom is 0.238 e. The van der Waals surface area contributed by atoms with Crippen LogP contribution >= 0.6 is 0 Å². The van der Waals surface area contributed by atoms with Crippen LogP contribution in [-0.4, -0.2) is 11.6 Å². The van der Waals surface area contributed by atoms with Gasteiger partial charge in [0.15, 0.2) is 0 Å². The fourth-order valence-corrected chi connectivity index (χ4v) is 0.803. The van der Waals surface area contributed by atoms with E-state index in [4.69, 9.17) is 15.7 Å². The molecule has 0 fully saturated rings. The summed E-state index contributed by atoms with van der Waals surface area (Å²) >= 11 is 0. The molecule has 4 nitrogen and oxygen atoms in total. The van der Waals surface area contributed by atoms with E-state index in [1.165, 1.54) is 6.20 Å². The van der Waals surface area contributed by atoms with Crippen molar-refractivity contribution in [1.29, 1.82) is 5.26 Å². The van der Waals surface area contributed by atoms with E-state index in [9.17, 15) is 0 Å². The fourth-order valence-electron chi connectivity index (χ4n) is 0.803. The van der Waals surface area contributed by atoms with E-state index in [1.807, 2.05) is 13.0 Å². The van der Waals surface area contributed by atoms with Gasteiger partial charge in [0.2, 0.25) is 5.88 Å². The summed E-state index contributed by atoms with van der Waals surface area (Å²) in [6.07, 6.45) is 1.50. The lowest BCUT2D eigenvalue weighted by Crippen LogP contribution is -2.00. The van der Waals surface area contributed by atoms with E-state index < -0.39 is 0 Å². The second kappa shape index (κ2) is 3.58. The second-order valence-corrected chi connectivity index (χ2v) is 2.12. The molecule has 0 amide bonds. The Labute approximate surface area is 70.6 Å². The fraction of sp³-hybridized carbons (Fsp3) is 0.250. The summed E-state index contributed by atoms with van der Waals surface area (Å²) < 4.78 is 5.09. The van der Waals surface area contributed by atoms with Gasteiger partial charge in [-0.15, -0.1) is 0 Å². The van der Waals surface area contributed by atoms with Crippen LogP contribution in [0.15, 0.2) is 12.3 Å². The highest BCUT2D eigenvalue weighted by Gasteiger charge is 2.05. The highest BCUT2D eigenvalue weighted by Crippen LogP contribution is 2.20. The number of rotatable bonds is 2. The SMILES string of the molecule is CCOc1nccc(C#N)c1N. The normalized spacial score (nSPS) is 9.00. The van der Waals surface area contributed by atoms with Gasteiger partial charge < -0.3 is 10.5 Å². The molecular formula is C8H9N3O. The lowest BCUT2D eigenvalue weighted by molar-refractivity contribution is 0.329. The molecule has 0 aliphatic rings. The smallest absolute Gasteiger partial charge is 0.238 e. The Balaban J connectivity index is 3.07. The summed E-state index contributed by atoms with van der Waals surface area (Å²) in [5.41, 5.74) is 6.27. The van der Waals surface area contributed by atoms with Crippen molar-refractivity contribution >= 4 is 5.69 Å². The first-order valence-electron chi connectivity index (χ1n) is 3.57. The van der Waals surface area contributed by atoms with Crippen molar-refractivity contribution in [2.45, 2.75) is 6.92 Å². The van der Waals surface area contributed by atoms with Gasteiger partial charge in [0.1, 0.15) is 11.8 Å². The monoisotopic (exact) mass is 163 g/mol. The number of nitrogens with two attached hydrogens (primary N) is 1. The van der Waals surface area contributed by atoms with E-state index in [-0.39, 0.29) is 0 Å². The number of nitrogens with zero attached hydrogens (tertiary/aromatic N) is 2. The van der Waals surface area contributed by atoms with Crippen LogP contribution in [0.25, 0.3) is 0 Å². The van der Waals surface area contributed by atoms with Gasteiger partial charge in [-0.3, -0.25) is 0 Å². The summed E-state index contributed by atoms with van der Waals surface area (Å²) in [6.45, 7) is 2.33. The molecular weight excluding hydrogens is 154 g/mol. The summed E-state index contributed by atoms with van der Waals surface area (Å²) in [4.78, 5) is 3.88. The molecule has 0 aliphatic carbocycles. The molecule has 0 saturated heterocycles. The van der Waals surface area contributed by atoms with Crippen LogP contribution in [0.2, 0.25) is 0 Å². The standard InChI is InChI=1S/C8H9N3O/c1-2-12-8-7(10)6(5-9)3-4-11-8/h3-4H,2,10H2,1H3. The minimum Gasteiger partial charge on any atom is -0.476 e. The molecule has 0 aliphatic heterocycles. The molecule has 0 radical (unpaired) electrons. The van der Waals surface area contributed by atoms with E-state index >= 15 is 0 Å². The van der Waals surface area contributed by atoms with Crippen LogP contribution in [-0.2, 0) is 0 Å². The molecule has 12 heavy (non-hydrogen) atoms. The number of anilines is 1. The van der Waals surface area contributed by atoms with E-state index in [0.717, 1.165) is 0 Å². The molecule has 1 aromatic heterocycles. The molecule has 1 aromatic rings. The summed E-state index contributed by atoms with van der Waals surface area (Å²) in [7, 11) is 0. The number of nitrogen functional groups attached to an aromatic ring is 1. The third kappa shape index (κ3) is 1.45. The van der Waals surface area contributed by atoms with E-state index in [1.54, 1.807) is 6.07 Å². The summed E-state index contributed by atoms with van der Waals surface area (Å²) in [5, 5.41) is 8.60. The largest absolute Gasteiger partial charge is 0.476 e. The molecule has 4 heteroatoms. The minimum absolute atomic E-state index is 0.307. The zero-order valence-electron chi connectivity index (χ0n) is 6.74. The maximum absolute atomic E-state index is 8.60. The molecule has 0 saturated carbocycles. The Hall–Kier alpha value is -1.76. The molecule has 0 atom stereocenters. The Morgan fingerprint density at radius 3 is 3.08 bits per heavy atom. The van der Waals surface area contributed by atoms with Crippen LogP contribution in [0, 0.1) is 11.3 Å². The van der Waals surface area contributed by atoms with Crippen molar-refractivity contribution in [3.63, 3.8) is 0 Å². The molecule has 0 unspecified atom stereocenters. The average Bonchev–Trinajstić information content (AvgIpc) is 2.09. The Morgan fingerprint density at radius 1 is 1.75 bits per heavy atom. The first-order valence-corrected chi connectivity index (χ1v) is 3.57. The first kappa shape index (κ1) is 8.34. The van der Waals surface area contributed by atoms with Crippen molar-refractivity contribution in [2.24, 2.45) is 0 Å². The first-order chi connectivity index (χ1) is 5.79. The lowest BCUT2D eigenvalue weighted by atomic mass is 10.2. The number of ether oxygens (including phenoxy) is 1. The predicted octanol–water partition coefficient (Wildman–Crippen LogP) is 0.934. The number of aromatic nitrogens is 1. The Morgan fingerprint density at radius 2 is 2.50 bits per heavy atom. The number of nitriles is 1. The van der Waals surface area contributed by atoms with Gasteiger partial charge in [-0.05, 0) is 13.0 Å². The Kier molecular flexibility index (Phi) is 2.49. The molecule has 1 rings (SSSR count). The van der Waals surface area contributed by atoms with Crippen molar-refractivity contribution in [2.75, 3.05) is 12.3 Å². The number of hydrogen-bond donors (Lipinski definition) is 1. The van der Waals surface area contributed by atoms with Crippen molar-refractivity contribution in [1.82, 2.24) is 4.98 Å². The highest BCUT2D eigenvalue weighted by molar-refractivity contribution is 5.59. The van der Waals surface area contributed by atoms with Crippen LogP contribution in [0.4, 0.5) is 5.69 Å². The van der Waals surface area contributed by atoms with Crippen LogP contribution < -0.4 is 10.5 Å². The molecule has 0 spiro atoms. The van der Waals surface area contributed by atoms with Crippen molar-refractivity contribution in [3.05, 3.63) is 17.8 Å². The molecule has 0 aromatic carbocycles. The zero-order valence-corrected chi connectivity index (χ0v) is 6.74. The number of hydrogen-bond acceptors (Lipinski definition) is 4. The average molecular weight is 163 g/mol. The van der Waals surface area contributed by atoms with E-state index in [0.29, 0.717) is 23.7 Å². The molecule has 0 bridgehead atoms. The van der Waals surface area contributed by atoms with Gasteiger partial charge in [0.25, 0.3) is 0 Å². The molecule has 62 valence electrons. The van der Waals surface area contributed by atoms with Gasteiger partial charge in [0, 0.05) is 6.20 Å². The van der Waals surface area contributed by atoms with Crippen LogP contribution in [0.1, 0.15) is 12.5 Å². The topological polar surface area (TPSA) is 71.9 Å². The van der Waals surface area contributed by atoms with Crippen molar-refractivity contribution in [3.8, 4) is 11.9 Å². The van der Waals surface area contributed by atoms with Crippen LogP contribution in [0.3, 0.4) is 0 Å². The van der Waals surface area contributed by atoms with E-state index in [2.05, 4.69) is 4.98 Å². The molecule has 2 N–H and O–H groups in total. The van der Waals surface area contributed by atoms with Gasteiger partial charge in [0.05, 0.1) is 12.2 Å². The second-order valence-electron chi connectivity index (χ2n) is 2.12. The number of pyridine rings is 1. The minimum atomic E-state index is 0.307. The van der Waals surface area contributed by atoms with Crippen LogP contribution in [0.5, 0.6) is 5.88 Å². The van der Waals surface area contributed by atoms with Gasteiger partial charge in [-0.1, -0.05) is 0 Å². The third-order valence-corrected chi connectivity index (χ3v) is 1.36. The predicted molar refractivity (Wildman–Crippen MR) is 44.5 cm³/mol. The lowest BCUT2D eigenvalue weighted by Gasteiger charge is -2.04. The summed E-state index contributed by atoms with van der Waals surface area (Å²) in [6, 6.07) is 3.50. The Bertz CT molecular complexity index is 317. The quantitative estimate of drug-likeness (QED) is 0.704. The third-order valence-electron chi connectivity index (χ3n) is 1.36. The van der Waals surface area contributed by atoms with Crippen molar-refractivity contribution < 1.29 is 4.74 Å². The maximum atomic E-state index is 8.60.